The van der Waals surface area contributed by atoms with Crippen LogP contribution < -0.4 is 16.2 Å². The van der Waals surface area contributed by atoms with Gasteiger partial charge in [-0.1, -0.05) is 51.1 Å². The number of anilines is 1. The van der Waals surface area contributed by atoms with Crippen molar-refractivity contribution in [2.24, 2.45) is 0 Å². The normalized spacial score (nSPS) is 10.1. The fraction of sp³-hybridized carbons (Fsp3) is 0. The first-order valence-electron chi connectivity index (χ1n) is 5.27. The highest BCUT2D eigenvalue weighted by Crippen LogP contribution is 2.12. The molecule has 4 radical (unpaired) electrons. The fourth-order valence-electron chi connectivity index (χ4n) is 1.51. The van der Waals surface area contributed by atoms with Crippen LogP contribution >= 0.6 is 15.9 Å². The van der Waals surface area contributed by atoms with E-state index in [0.29, 0.717) is 22.2 Å². The van der Waals surface area contributed by atoms with Crippen molar-refractivity contribution in [3.05, 3.63) is 52.5 Å². The minimum Gasteiger partial charge on any atom is -0.322 e. The molecule has 0 aliphatic rings. The van der Waals surface area contributed by atoms with Gasteiger partial charge < -0.3 is 5.32 Å². The minimum absolute atomic E-state index is 0.215. The molecule has 0 spiro atoms. The van der Waals surface area contributed by atoms with Gasteiger partial charge in [-0.15, -0.1) is 0 Å². The van der Waals surface area contributed by atoms with Crippen LogP contribution in [0.1, 0.15) is 10.4 Å². The van der Waals surface area contributed by atoms with E-state index in [0.717, 1.165) is 4.47 Å². The molecule has 18 heavy (non-hydrogen) atoms. The van der Waals surface area contributed by atoms with Crippen molar-refractivity contribution in [3.8, 4) is 0 Å². The van der Waals surface area contributed by atoms with Crippen molar-refractivity contribution in [1.82, 2.24) is 0 Å². The topological polar surface area (TPSA) is 29.1 Å². The minimum atomic E-state index is -0.215. The number of hydrogen-bond donors (Lipinski definition) is 1. The maximum Gasteiger partial charge on any atom is 0.255 e. The Morgan fingerprint density at radius 3 is 2.28 bits per heavy atom. The van der Waals surface area contributed by atoms with Gasteiger partial charge in [-0.3, -0.25) is 4.79 Å². The molecule has 0 saturated carbocycles. The highest BCUT2D eigenvalue weighted by Gasteiger charge is 2.07. The molecule has 2 aromatic rings. The van der Waals surface area contributed by atoms with E-state index in [9.17, 15) is 4.79 Å². The van der Waals surface area contributed by atoms with Gasteiger partial charge in [0.05, 0.1) is 0 Å². The molecular formula is C13H8B2BrNO. The Morgan fingerprint density at radius 1 is 1.00 bits per heavy atom. The molecule has 0 saturated heterocycles. The zero-order valence-corrected chi connectivity index (χ0v) is 11.1. The second-order valence-corrected chi connectivity index (χ2v) is 4.77. The Kier molecular flexibility index (Phi) is 3.92. The second kappa shape index (κ2) is 5.44. The third-order valence-corrected chi connectivity index (χ3v) is 2.81. The number of halogens is 1. The Hall–Kier alpha value is -1.48. The van der Waals surface area contributed by atoms with Crippen LogP contribution in [0.2, 0.25) is 0 Å². The van der Waals surface area contributed by atoms with Crippen molar-refractivity contribution < 1.29 is 4.79 Å². The first-order valence-corrected chi connectivity index (χ1v) is 6.07. The van der Waals surface area contributed by atoms with Gasteiger partial charge in [0.2, 0.25) is 0 Å². The molecule has 0 bridgehead atoms. The zero-order valence-electron chi connectivity index (χ0n) is 9.48. The van der Waals surface area contributed by atoms with Crippen LogP contribution in [-0.4, -0.2) is 21.6 Å². The third kappa shape index (κ3) is 3.26. The van der Waals surface area contributed by atoms with Crippen LogP contribution in [-0.2, 0) is 0 Å². The van der Waals surface area contributed by atoms with E-state index in [2.05, 4.69) is 21.2 Å². The van der Waals surface area contributed by atoms with E-state index >= 15 is 0 Å². The third-order valence-electron chi connectivity index (χ3n) is 2.35. The molecule has 0 fully saturated rings. The lowest BCUT2D eigenvalue weighted by Gasteiger charge is -2.07. The summed E-state index contributed by atoms with van der Waals surface area (Å²) >= 11 is 3.30. The largest absolute Gasteiger partial charge is 0.322 e. The average Bonchev–Trinajstić information content (AvgIpc) is 2.31. The Morgan fingerprint density at radius 2 is 1.67 bits per heavy atom. The number of nitrogens with one attached hydrogen (secondary N) is 1. The number of benzene rings is 2. The van der Waals surface area contributed by atoms with Gasteiger partial charge in [0.25, 0.3) is 5.91 Å². The summed E-state index contributed by atoms with van der Waals surface area (Å²) in [6.07, 6.45) is 0. The quantitative estimate of drug-likeness (QED) is 0.831. The Balaban J connectivity index is 2.19. The number of carbonyl (C=O) groups excluding carboxylic acids is 1. The molecule has 2 nitrogen and oxygen atoms in total. The summed E-state index contributed by atoms with van der Waals surface area (Å²) in [5.41, 5.74) is 2.37. The molecule has 0 aliphatic heterocycles. The fourth-order valence-corrected chi connectivity index (χ4v) is 2.02. The number of carbonyl (C=O) groups is 1. The van der Waals surface area contributed by atoms with Crippen LogP contribution in [0.4, 0.5) is 5.69 Å². The van der Waals surface area contributed by atoms with Gasteiger partial charge in [0, 0.05) is 15.7 Å². The SMILES string of the molecule is [B]c1ccc(NC(=O)c2cc([B])cc(Br)c2)cc1. The number of rotatable bonds is 2. The molecule has 0 heterocycles. The van der Waals surface area contributed by atoms with E-state index in [4.69, 9.17) is 15.7 Å². The van der Waals surface area contributed by atoms with Gasteiger partial charge >= 0.3 is 0 Å². The molecule has 2 rings (SSSR count). The Labute approximate surface area is 117 Å². The first kappa shape index (κ1) is 13.0. The highest BCUT2D eigenvalue weighted by atomic mass is 79.9. The van der Waals surface area contributed by atoms with Crippen LogP contribution in [0.3, 0.4) is 0 Å². The van der Waals surface area contributed by atoms with Crippen molar-refractivity contribution in [1.29, 1.82) is 0 Å². The predicted molar refractivity (Wildman–Crippen MR) is 79.3 cm³/mol. The summed E-state index contributed by atoms with van der Waals surface area (Å²) in [4.78, 5) is 12.0. The molecule has 0 aromatic heterocycles. The summed E-state index contributed by atoms with van der Waals surface area (Å²) in [5.74, 6) is -0.215. The lowest BCUT2D eigenvalue weighted by Crippen LogP contribution is -2.15. The second-order valence-electron chi connectivity index (χ2n) is 3.85. The molecule has 2 aromatic carbocycles. The maximum atomic E-state index is 12.0. The van der Waals surface area contributed by atoms with Gasteiger partial charge in [0.1, 0.15) is 15.7 Å². The molecule has 0 unspecified atom stereocenters. The van der Waals surface area contributed by atoms with Crippen molar-refractivity contribution >= 4 is 54.1 Å². The van der Waals surface area contributed by atoms with Gasteiger partial charge in [-0.25, -0.2) is 0 Å². The first-order chi connectivity index (χ1) is 8.54. The van der Waals surface area contributed by atoms with Gasteiger partial charge in [-0.05, 0) is 18.2 Å². The smallest absolute Gasteiger partial charge is 0.255 e. The summed E-state index contributed by atoms with van der Waals surface area (Å²) < 4.78 is 0.768. The van der Waals surface area contributed by atoms with E-state index in [1.807, 2.05) is 0 Å². The molecule has 84 valence electrons. The highest BCUT2D eigenvalue weighted by molar-refractivity contribution is 9.10. The van der Waals surface area contributed by atoms with E-state index in [-0.39, 0.29) is 5.91 Å². The van der Waals surface area contributed by atoms with E-state index in [1.54, 1.807) is 42.5 Å². The molecule has 1 N–H and O–H groups in total. The van der Waals surface area contributed by atoms with Gasteiger partial charge in [0.15, 0.2) is 0 Å². The zero-order chi connectivity index (χ0) is 13.1. The average molecular weight is 296 g/mol. The number of hydrogen-bond acceptors (Lipinski definition) is 1. The van der Waals surface area contributed by atoms with Crippen LogP contribution in [0.25, 0.3) is 0 Å². The number of amides is 1. The van der Waals surface area contributed by atoms with Crippen molar-refractivity contribution in [3.63, 3.8) is 0 Å². The summed E-state index contributed by atoms with van der Waals surface area (Å²) in [6.45, 7) is 0. The summed E-state index contributed by atoms with van der Waals surface area (Å²) in [7, 11) is 11.3. The van der Waals surface area contributed by atoms with Crippen LogP contribution in [0.15, 0.2) is 46.9 Å². The lowest BCUT2D eigenvalue weighted by molar-refractivity contribution is 0.102. The molecule has 0 atom stereocenters. The van der Waals surface area contributed by atoms with E-state index < -0.39 is 0 Å². The summed E-state index contributed by atoms with van der Waals surface area (Å²) in [6, 6.07) is 12.0. The van der Waals surface area contributed by atoms with Crippen LogP contribution in [0.5, 0.6) is 0 Å². The Bertz CT molecular complexity index is 564. The van der Waals surface area contributed by atoms with E-state index in [1.165, 1.54) is 0 Å². The van der Waals surface area contributed by atoms with Gasteiger partial charge in [-0.2, -0.15) is 0 Å². The lowest BCUT2D eigenvalue weighted by atomic mass is 9.94. The predicted octanol–water partition coefficient (Wildman–Crippen LogP) is 1.29. The molecule has 5 heteroatoms. The summed E-state index contributed by atoms with van der Waals surface area (Å²) in [5, 5.41) is 2.77. The molecular weight excluding hydrogens is 288 g/mol. The standard InChI is InChI=1S/C13H8B2BrNO/c14-9-1-3-12(4-2-9)17-13(18)8-5-10(15)7-11(16)6-8/h1-7H,(H,17,18). The molecule has 0 aliphatic carbocycles. The molecule has 1 amide bonds. The monoisotopic (exact) mass is 295 g/mol. The van der Waals surface area contributed by atoms with Crippen molar-refractivity contribution in [2.45, 2.75) is 0 Å². The van der Waals surface area contributed by atoms with Crippen molar-refractivity contribution in [2.75, 3.05) is 5.32 Å². The maximum absolute atomic E-state index is 12.0. The van der Waals surface area contributed by atoms with Crippen LogP contribution in [0, 0.1) is 0 Å².